The van der Waals surface area contributed by atoms with E-state index in [1.165, 1.54) is 0 Å². The van der Waals surface area contributed by atoms with Crippen molar-refractivity contribution in [2.45, 2.75) is 24.8 Å². The molecule has 9 heteroatoms. The van der Waals surface area contributed by atoms with Gasteiger partial charge in [-0.15, -0.1) is 0 Å². The number of hydrogen-bond donors (Lipinski definition) is 1. The van der Waals surface area contributed by atoms with Crippen molar-refractivity contribution in [2.24, 2.45) is 5.73 Å². The van der Waals surface area contributed by atoms with E-state index in [1.54, 1.807) is 0 Å². The lowest BCUT2D eigenvalue weighted by Gasteiger charge is -2.20. The fourth-order valence-corrected chi connectivity index (χ4v) is 1.65. The first-order chi connectivity index (χ1) is 8.98. The Labute approximate surface area is 108 Å². The molecule has 0 aliphatic carbocycles. The molecule has 0 saturated carbocycles. The van der Waals surface area contributed by atoms with Gasteiger partial charge in [0.15, 0.2) is 0 Å². The van der Waals surface area contributed by atoms with Crippen molar-refractivity contribution in [2.75, 3.05) is 6.67 Å². The summed E-state index contributed by atoms with van der Waals surface area (Å²) in [6.07, 6.45) is -11.0. The number of nitrogens with two attached hydrogens (primary N) is 1. The molecule has 0 amide bonds. The zero-order chi connectivity index (χ0) is 15.7. The Hall–Kier alpha value is -1.38. The summed E-state index contributed by atoms with van der Waals surface area (Å²) in [5.41, 5.74) is 0.417. The molecule has 0 aromatic heterocycles. The highest BCUT2D eigenvalue weighted by Crippen LogP contribution is 2.40. The molecule has 1 atom stereocenters. The highest BCUT2D eigenvalue weighted by Gasteiger charge is 2.40. The summed E-state index contributed by atoms with van der Waals surface area (Å²) in [5, 5.41) is 0. The second-order valence-electron chi connectivity index (χ2n) is 4.00. The van der Waals surface area contributed by atoms with Crippen LogP contribution in [0, 0.1) is 5.82 Å². The van der Waals surface area contributed by atoms with Crippen LogP contribution < -0.4 is 5.73 Å². The van der Waals surface area contributed by atoms with Crippen molar-refractivity contribution in [3.8, 4) is 0 Å². The third-order valence-corrected chi connectivity index (χ3v) is 2.55. The summed E-state index contributed by atoms with van der Waals surface area (Å²) in [7, 11) is 0. The Morgan fingerprint density at radius 3 is 1.95 bits per heavy atom. The van der Waals surface area contributed by atoms with E-state index >= 15 is 0 Å². The molecule has 0 saturated heterocycles. The topological polar surface area (TPSA) is 26.0 Å². The molecular weight excluding hydrogens is 298 g/mol. The predicted octanol–water partition coefficient (Wildman–Crippen LogP) is 4.22. The van der Waals surface area contributed by atoms with Crippen molar-refractivity contribution in [1.82, 2.24) is 0 Å². The minimum absolute atomic E-state index is 0.0807. The number of hydrogen-bond acceptors (Lipinski definition) is 1. The molecule has 0 aliphatic rings. The Morgan fingerprint density at radius 1 is 1.00 bits per heavy atom. The first kappa shape index (κ1) is 16.7. The molecule has 1 rings (SSSR count). The average molecular weight is 307 g/mol. The molecule has 0 spiro atoms. The van der Waals surface area contributed by atoms with Crippen LogP contribution in [-0.2, 0) is 12.4 Å². The second kappa shape index (κ2) is 5.55. The average Bonchev–Trinajstić information content (AvgIpc) is 2.25. The smallest absolute Gasteiger partial charge is 0.324 e. The van der Waals surface area contributed by atoms with Crippen molar-refractivity contribution >= 4 is 0 Å². The predicted molar refractivity (Wildman–Crippen MR) is 53.9 cm³/mol. The van der Waals surface area contributed by atoms with Crippen LogP contribution in [0.5, 0.6) is 0 Å². The van der Waals surface area contributed by atoms with Gasteiger partial charge < -0.3 is 5.73 Å². The molecule has 114 valence electrons. The molecule has 0 heterocycles. The van der Waals surface area contributed by atoms with E-state index in [2.05, 4.69) is 0 Å². The van der Waals surface area contributed by atoms with Gasteiger partial charge in [-0.1, -0.05) is 0 Å². The fourth-order valence-electron chi connectivity index (χ4n) is 1.65. The largest absolute Gasteiger partial charge is 0.416 e. The number of rotatable bonds is 3. The van der Waals surface area contributed by atoms with Gasteiger partial charge in [0.05, 0.1) is 17.8 Å². The molecule has 0 unspecified atom stereocenters. The van der Waals surface area contributed by atoms with E-state index in [1.807, 2.05) is 0 Å². The molecule has 0 aliphatic heterocycles. The van der Waals surface area contributed by atoms with Crippen LogP contribution in [0.4, 0.5) is 35.1 Å². The second-order valence-corrected chi connectivity index (χ2v) is 4.00. The summed E-state index contributed by atoms with van der Waals surface area (Å²) in [5.74, 6) is -1.76. The quantitative estimate of drug-likeness (QED) is 0.831. The monoisotopic (exact) mass is 307 g/mol. The van der Waals surface area contributed by atoms with Crippen LogP contribution in [0.1, 0.15) is 29.2 Å². The van der Waals surface area contributed by atoms with E-state index < -0.39 is 54.0 Å². The van der Waals surface area contributed by atoms with Gasteiger partial charge in [-0.2, -0.15) is 26.3 Å². The highest BCUT2D eigenvalue weighted by atomic mass is 19.4. The standard InChI is InChI=1S/C11H9F8N/c12-2-1-8(20)9-6(11(17,18)19)3-5(4-7(9)13)10(14,15)16/h3-4,8H,1-2,20H2/t8-/m1/s1. The van der Waals surface area contributed by atoms with E-state index in [0.29, 0.717) is 0 Å². The summed E-state index contributed by atoms with van der Waals surface area (Å²) >= 11 is 0. The van der Waals surface area contributed by atoms with E-state index in [0.717, 1.165) is 0 Å². The van der Waals surface area contributed by atoms with Crippen LogP contribution in [0.25, 0.3) is 0 Å². The van der Waals surface area contributed by atoms with Crippen molar-refractivity contribution in [1.29, 1.82) is 0 Å². The Kier molecular flexibility index (Phi) is 4.62. The third-order valence-electron chi connectivity index (χ3n) is 2.55. The third kappa shape index (κ3) is 3.59. The van der Waals surface area contributed by atoms with Gasteiger partial charge in [-0.05, 0) is 18.6 Å². The van der Waals surface area contributed by atoms with Gasteiger partial charge in [0, 0.05) is 11.6 Å². The van der Waals surface area contributed by atoms with Gasteiger partial charge in [-0.25, -0.2) is 4.39 Å². The van der Waals surface area contributed by atoms with E-state index in [4.69, 9.17) is 5.73 Å². The Bertz CT molecular complexity index is 477. The molecule has 0 bridgehead atoms. The van der Waals surface area contributed by atoms with Crippen LogP contribution in [0.15, 0.2) is 12.1 Å². The number of benzene rings is 1. The van der Waals surface area contributed by atoms with Crippen molar-refractivity contribution < 1.29 is 35.1 Å². The molecule has 0 fully saturated rings. The molecule has 1 aromatic carbocycles. The summed E-state index contributed by atoms with van der Waals surface area (Å²) in [4.78, 5) is 0. The molecule has 1 nitrogen and oxygen atoms in total. The maximum absolute atomic E-state index is 13.5. The molecule has 0 radical (unpaired) electrons. The first-order valence-corrected chi connectivity index (χ1v) is 5.28. The van der Waals surface area contributed by atoms with Crippen LogP contribution in [-0.4, -0.2) is 6.67 Å². The minimum Gasteiger partial charge on any atom is -0.324 e. The van der Waals surface area contributed by atoms with Crippen LogP contribution >= 0.6 is 0 Å². The zero-order valence-electron chi connectivity index (χ0n) is 9.75. The summed E-state index contributed by atoms with van der Waals surface area (Å²) in [6, 6.07) is -1.99. The normalized spacial score (nSPS) is 14.4. The van der Waals surface area contributed by atoms with E-state index in [-0.39, 0.29) is 12.1 Å². The fraction of sp³-hybridized carbons (Fsp3) is 0.455. The summed E-state index contributed by atoms with van der Waals surface area (Å²) < 4.78 is 101. The van der Waals surface area contributed by atoms with Crippen LogP contribution in [0.2, 0.25) is 0 Å². The van der Waals surface area contributed by atoms with Crippen molar-refractivity contribution in [3.63, 3.8) is 0 Å². The maximum atomic E-state index is 13.5. The SMILES string of the molecule is N[C@H](CCF)c1c(F)cc(C(F)(F)F)cc1C(F)(F)F. The van der Waals surface area contributed by atoms with Crippen molar-refractivity contribution in [3.05, 3.63) is 34.6 Å². The van der Waals surface area contributed by atoms with Gasteiger partial charge in [0.2, 0.25) is 0 Å². The van der Waals surface area contributed by atoms with Gasteiger partial charge in [-0.3, -0.25) is 4.39 Å². The Morgan fingerprint density at radius 2 is 1.55 bits per heavy atom. The first-order valence-electron chi connectivity index (χ1n) is 5.28. The molecular formula is C11H9F8N. The molecule has 20 heavy (non-hydrogen) atoms. The van der Waals surface area contributed by atoms with Crippen LogP contribution in [0.3, 0.4) is 0 Å². The number of alkyl halides is 7. The molecule has 1 aromatic rings. The van der Waals surface area contributed by atoms with E-state index in [9.17, 15) is 35.1 Å². The minimum atomic E-state index is -5.23. The lowest BCUT2D eigenvalue weighted by Crippen LogP contribution is -2.21. The zero-order valence-corrected chi connectivity index (χ0v) is 9.75. The van der Waals surface area contributed by atoms with Gasteiger partial charge >= 0.3 is 12.4 Å². The Balaban J connectivity index is 3.52. The van der Waals surface area contributed by atoms with Gasteiger partial charge in [0.1, 0.15) is 5.82 Å². The number of halogens is 8. The lowest BCUT2D eigenvalue weighted by molar-refractivity contribution is -0.144. The lowest BCUT2D eigenvalue weighted by atomic mass is 9.95. The maximum Gasteiger partial charge on any atom is 0.416 e. The summed E-state index contributed by atoms with van der Waals surface area (Å²) in [6.45, 7) is -1.13. The highest BCUT2D eigenvalue weighted by molar-refractivity contribution is 5.38. The van der Waals surface area contributed by atoms with Gasteiger partial charge in [0.25, 0.3) is 0 Å². The molecule has 2 N–H and O–H groups in total.